The van der Waals surface area contributed by atoms with E-state index in [1.807, 2.05) is 0 Å². The number of ether oxygens (including phenoxy) is 1. The monoisotopic (exact) mass is 284 g/mol. The number of hydrogen-bond acceptors (Lipinski definition) is 4. The molecule has 1 heterocycles. The molecule has 0 amide bonds. The Labute approximate surface area is 121 Å². The summed E-state index contributed by atoms with van der Waals surface area (Å²) in [6, 6.07) is 0. The van der Waals surface area contributed by atoms with Gasteiger partial charge in [-0.15, -0.1) is 11.3 Å². The van der Waals surface area contributed by atoms with Gasteiger partial charge in [-0.05, 0) is 33.1 Å². The minimum atomic E-state index is 0.129. The lowest BCUT2D eigenvalue weighted by Crippen LogP contribution is -2.35. The first-order valence-corrected chi connectivity index (χ1v) is 7.87. The lowest BCUT2D eigenvalue weighted by Gasteiger charge is -2.20. The van der Waals surface area contributed by atoms with Gasteiger partial charge in [-0.2, -0.15) is 0 Å². The number of thiazole rings is 1. The molecule has 0 radical (unpaired) electrons. The minimum absolute atomic E-state index is 0.129. The Morgan fingerprint density at radius 2 is 1.95 bits per heavy atom. The molecule has 1 N–H and O–H groups in total. The molecule has 1 atom stereocenters. The van der Waals surface area contributed by atoms with Crippen LogP contribution in [0.15, 0.2) is 0 Å². The van der Waals surface area contributed by atoms with Crippen molar-refractivity contribution in [3.8, 4) is 0 Å². The van der Waals surface area contributed by atoms with Crippen LogP contribution in [0.25, 0.3) is 0 Å². The molecule has 0 bridgehead atoms. The molecule has 0 aromatic carbocycles. The fourth-order valence-electron chi connectivity index (χ4n) is 1.89. The zero-order chi connectivity index (χ0) is 14.6. The Morgan fingerprint density at radius 1 is 1.32 bits per heavy atom. The highest BCUT2D eigenvalue weighted by atomic mass is 32.1. The molecule has 1 aromatic heterocycles. The molecule has 1 unspecified atom stereocenters. The van der Waals surface area contributed by atoms with E-state index in [0.717, 1.165) is 18.0 Å². The van der Waals surface area contributed by atoms with Crippen LogP contribution in [0.4, 0.5) is 0 Å². The van der Waals surface area contributed by atoms with Gasteiger partial charge in [0.25, 0.3) is 0 Å². The molecule has 19 heavy (non-hydrogen) atoms. The summed E-state index contributed by atoms with van der Waals surface area (Å²) in [4.78, 5) is 6.15. The maximum atomic E-state index is 5.51. The van der Waals surface area contributed by atoms with Crippen LogP contribution >= 0.6 is 11.3 Å². The van der Waals surface area contributed by atoms with Gasteiger partial charge < -0.3 is 10.1 Å². The summed E-state index contributed by atoms with van der Waals surface area (Å²) in [5, 5.41) is 4.66. The zero-order valence-electron chi connectivity index (χ0n) is 13.3. The Bertz CT molecular complexity index is 389. The number of rotatable bonds is 6. The van der Waals surface area contributed by atoms with Crippen LogP contribution < -0.4 is 5.32 Å². The third-order valence-corrected chi connectivity index (χ3v) is 4.16. The van der Waals surface area contributed by atoms with Crippen molar-refractivity contribution in [1.29, 1.82) is 0 Å². The largest absolute Gasteiger partial charge is 0.374 e. The predicted octanol–water partition coefficient (Wildman–Crippen LogP) is 4.25. The summed E-state index contributed by atoms with van der Waals surface area (Å²) in [7, 11) is 1.76. The number of aromatic nitrogens is 1. The topological polar surface area (TPSA) is 34.1 Å². The number of hydrogen-bond donors (Lipinski definition) is 1. The molecule has 1 aromatic rings. The second-order valence-corrected chi connectivity index (χ2v) is 7.37. The average Bonchev–Trinajstić information content (AvgIpc) is 2.71. The highest BCUT2D eigenvalue weighted by molar-refractivity contribution is 7.11. The third-order valence-electron chi connectivity index (χ3n) is 3.00. The standard InChI is InChI=1S/C15H28N2OS/c1-8-11(18-7)14-17-13(10(2)3)12(19-14)9-16-15(4,5)6/h10-11,16H,8-9H2,1-7H3. The summed E-state index contributed by atoms with van der Waals surface area (Å²) in [6.07, 6.45) is 1.10. The van der Waals surface area contributed by atoms with Gasteiger partial charge in [-0.1, -0.05) is 20.8 Å². The first-order chi connectivity index (χ1) is 8.78. The van der Waals surface area contributed by atoms with Crippen molar-refractivity contribution >= 4 is 11.3 Å². The Morgan fingerprint density at radius 3 is 2.37 bits per heavy atom. The van der Waals surface area contributed by atoms with Crippen molar-refractivity contribution in [3.05, 3.63) is 15.6 Å². The zero-order valence-corrected chi connectivity index (χ0v) is 14.1. The maximum Gasteiger partial charge on any atom is 0.122 e. The molecule has 4 heteroatoms. The Hall–Kier alpha value is -0.450. The van der Waals surface area contributed by atoms with Gasteiger partial charge in [0, 0.05) is 24.1 Å². The molecule has 0 aliphatic heterocycles. The molecule has 3 nitrogen and oxygen atoms in total. The van der Waals surface area contributed by atoms with E-state index in [0.29, 0.717) is 5.92 Å². The summed E-state index contributed by atoms with van der Waals surface area (Å²) < 4.78 is 5.51. The SMILES string of the molecule is CCC(OC)c1nc(C(C)C)c(CNC(C)(C)C)s1. The van der Waals surface area contributed by atoms with Gasteiger partial charge in [0.15, 0.2) is 0 Å². The van der Waals surface area contributed by atoms with E-state index >= 15 is 0 Å². The first-order valence-electron chi connectivity index (χ1n) is 7.05. The van der Waals surface area contributed by atoms with Crippen LogP contribution in [-0.2, 0) is 11.3 Å². The molecule has 0 saturated carbocycles. The van der Waals surface area contributed by atoms with Crippen molar-refractivity contribution < 1.29 is 4.74 Å². The molecule has 0 saturated heterocycles. The molecule has 0 spiro atoms. The Balaban J connectivity index is 2.95. The number of nitrogens with zero attached hydrogens (tertiary/aromatic N) is 1. The van der Waals surface area contributed by atoms with E-state index in [2.05, 4.69) is 46.9 Å². The van der Waals surface area contributed by atoms with Crippen molar-refractivity contribution in [2.75, 3.05) is 7.11 Å². The summed E-state index contributed by atoms with van der Waals surface area (Å²) >= 11 is 1.79. The van der Waals surface area contributed by atoms with Crippen LogP contribution in [0, 0.1) is 0 Å². The first kappa shape index (κ1) is 16.6. The molecular weight excluding hydrogens is 256 g/mol. The van der Waals surface area contributed by atoms with E-state index in [-0.39, 0.29) is 11.6 Å². The van der Waals surface area contributed by atoms with Crippen LogP contribution in [0.2, 0.25) is 0 Å². The smallest absolute Gasteiger partial charge is 0.122 e. The summed E-state index contributed by atoms with van der Waals surface area (Å²) in [6.45, 7) is 14.0. The molecule has 0 fully saturated rings. The molecule has 0 aliphatic rings. The van der Waals surface area contributed by atoms with E-state index in [1.54, 1.807) is 18.4 Å². The number of methoxy groups -OCH3 is 1. The van der Waals surface area contributed by atoms with Gasteiger partial charge in [-0.3, -0.25) is 0 Å². The Kier molecular flexibility index (Phi) is 5.96. The average molecular weight is 284 g/mol. The lowest BCUT2D eigenvalue weighted by molar-refractivity contribution is 0.0996. The van der Waals surface area contributed by atoms with Gasteiger partial charge in [0.1, 0.15) is 11.1 Å². The van der Waals surface area contributed by atoms with Gasteiger partial charge in [0.05, 0.1) is 5.69 Å². The number of nitrogens with one attached hydrogen (secondary N) is 1. The normalized spacial score (nSPS) is 14.1. The molecule has 110 valence electrons. The predicted molar refractivity (Wildman–Crippen MR) is 82.8 cm³/mol. The minimum Gasteiger partial charge on any atom is -0.374 e. The van der Waals surface area contributed by atoms with Crippen molar-refractivity contribution in [1.82, 2.24) is 10.3 Å². The molecule has 0 aliphatic carbocycles. The van der Waals surface area contributed by atoms with Gasteiger partial charge in [0.2, 0.25) is 0 Å². The van der Waals surface area contributed by atoms with Gasteiger partial charge in [-0.25, -0.2) is 4.98 Å². The highest BCUT2D eigenvalue weighted by Crippen LogP contribution is 2.31. The van der Waals surface area contributed by atoms with Crippen LogP contribution in [0.5, 0.6) is 0 Å². The van der Waals surface area contributed by atoms with E-state index in [9.17, 15) is 0 Å². The van der Waals surface area contributed by atoms with Crippen molar-refractivity contribution in [3.63, 3.8) is 0 Å². The lowest BCUT2D eigenvalue weighted by atomic mass is 10.1. The second-order valence-electron chi connectivity index (χ2n) is 6.25. The summed E-state index contributed by atoms with van der Waals surface area (Å²) in [5.41, 5.74) is 1.34. The van der Waals surface area contributed by atoms with E-state index in [1.165, 1.54) is 10.6 Å². The molecule has 1 rings (SSSR count). The van der Waals surface area contributed by atoms with Crippen molar-refractivity contribution in [2.45, 2.75) is 72.1 Å². The van der Waals surface area contributed by atoms with Crippen LogP contribution in [-0.4, -0.2) is 17.6 Å². The quantitative estimate of drug-likeness (QED) is 0.848. The van der Waals surface area contributed by atoms with Crippen LogP contribution in [0.3, 0.4) is 0 Å². The maximum absolute atomic E-state index is 5.51. The third kappa shape index (κ3) is 4.86. The summed E-state index contributed by atoms with van der Waals surface area (Å²) in [5.74, 6) is 0.455. The van der Waals surface area contributed by atoms with Crippen molar-refractivity contribution in [2.24, 2.45) is 0 Å². The highest BCUT2D eigenvalue weighted by Gasteiger charge is 2.20. The van der Waals surface area contributed by atoms with E-state index < -0.39 is 0 Å². The fraction of sp³-hybridized carbons (Fsp3) is 0.800. The van der Waals surface area contributed by atoms with Gasteiger partial charge >= 0.3 is 0 Å². The fourth-order valence-corrected chi connectivity index (χ4v) is 3.21. The van der Waals surface area contributed by atoms with E-state index in [4.69, 9.17) is 9.72 Å². The second kappa shape index (κ2) is 6.82. The van der Waals surface area contributed by atoms with Crippen LogP contribution in [0.1, 0.15) is 75.6 Å². The molecular formula is C15H28N2OS.